The van der Waals surface area contributed by atoms with Gasteiger partial charge in [0, 0.05) is 13.1 Å². The largest absolute Gasteiger partial charge is 0.493 e. The quantitative estimate of drug-likeness (QED) is 0.447. The average molecular weight is 443 g/mol. The van der Waals surface area contributed by atoms with Gasteiger partial charge in [0.1, 0.15) is 11.5 Å². The van der Waals surface area contributed by atoms with E-state index in [1.807, 2.05) is 36.9 Å². The van der Waals surface area contributed by atoms with Crippen LogP contribution in [0, 0.1) is 12.7 Å². The van der Waals surface area contributed by atoms with Crippen LogP contribution in [-0.4, -0.2) is 43.1 Å². The monoisotopic (exact) mass is 442 g/mol. The number of thiazole rings is 1. The van der Waals surface area contributed by atoms with Crippen LogP contribution in [0.15, 0.2) is 42.5 Å². The molecule has 1 aromatic heterocycles. The third kappa shape index (κ3) is 5.41. The number of carbonyl (C=O) groups excluding carboxylic acids is 1. The van der Waals surface area contributed by atoms with Gasteiger partial charge < -0.3 is 14.4 Å². The third-order valence-corrected chi connectivity index (χ3v) is 5.94. The second kappa shape index (κ2) is 10.4. The van der Waals surface area contributed by atoms with Gasteiger partial charge in [0.05, 0.1) is 24.1 Å². The molecular formula is C24H27FN2O3S. The highest BCUT2D eigenvalue weighted by molar-refractivity contribution is 7.15. The summed E-state index contributed by atoms with van der Waals surface area (Å²) in [6.45, 7) is 5.06. The second-order valence-corrected chi connectivity index (χ2v) is 8.36. The molecule has 7 heteroatoms. The van der Waals surface area contributed by atoms with Gasteiger partial charge in [0.2, 0.25) is 0 Å². The molecule has 5 nitrogen and oxygen atoms in total. The van der Waals surface area contributed by atoms with E-state index >= 15 is 0 Å². The minimum Gasteiger partial charge on any atom is -0.493 e. The Morgan fingerprint density at radius 3 is 2.55 bits per heavy atom. The van der Waals surface area contributed by atoms with E-state index in [2.05, 4.69) is 4.98 Å². The zero-order chi connectivity index (χ0) is 22.4. The summed E-state index contributed by atoms with van der Waals surface area (Å²) in [6, 6.07) is 12.1. The number of carbonyl (C=O) groups is 1. The lowest BCUT2D eigenvalue weighted by molar-refractivity contribution is 0.0753. The number of hydrogen-bond donors (Lipinski definition) is 0. The molecular weight excluding hydrogens is 415 g/mol. The summed E-state index contributed by atoms with van der Waals surface area (Å²) in [5.74, 6) is 0.870. The molecule has 3 aromatic rings. The number of ether oxygens (including phenoxy) is 2. The van der Waals surface area contributed by atoms with Crippen LogP contribution >= 0.6 is 11.3 Å². The molecule has 0 spiro atoms. The summed E-state index contributed by atoms with van der Waals surface area (Å²) in [6.07, 6.45) is 1.50. The third-order valence-electron chi connectivity index (χ3n) is 4.92. The molecule has 0 radical (unpaired) electrons. The first-order valence-corrected chi connectivity index (χ1v) is 11.0. The zero-order valence-corrected chi connectivity index (χ0v) is 19.1. The maximum atomic E-state index is 13.8. The van der Waals surface area contributed by atoms with E-state index in [1.54, 1.807) is 26.4 Å². The van der Waals surface area contributed by atoms with Gasteiger partial charge in [-0.25, -0.2) is 9.37 Å². The van der Waals surface area contributed by atoms with Crippen molar-refractivity contribution >= 4 is 17.2 Å². The van der Waals surface area contributed by atoms with Gasteiger partial charge in [-0.15, -0.1) is 11.3 Å². The van der Waals surface area contributed by atoms with Gasteiger partial charge in [-0.3, -0.25) is 4.79 Å². The van der Waals surface area contributed by atoms with Crippen molar-refractivity contribution in [3.05, 3.63) is 64.5 Å². The molecule has 0 N–H and O–H groups in total. The Labute approximate surface area is 186 Å². The van der Waals surface area contributed by atoms with Crippen molar-refractivity contribution in [2.75, 3.05) is 27.3 Å². The van der Waals surface area contributed by atoms with E-state index in [0.29, 0.717) is 47.1 Å². The maximum Gasteiger partial charge on any atom is 0.274 e. The van der Waals surface area contributed by atoms with Crippen LogP contribution in [-0.2, 0) is 6.42 Å². The molecule has 3 rings (SSSR count). The average Bonchev–Trinajstić information content (AvgIpc) is 3.17. The van der Waals surface area contributed by atoms with Crippen LogP contribution in [0.3, 0.4) is 0 Å². The fourth-order valence-corrected chi connectivity index (χ4v) is 4.34. The predicted octanol–water partition coefficient (Wildman–Crippen LogP) is 5.37. The Balaban J connectivity index is 1.83. The van der Waals surface area contributed by atoms with Crippen molar-refractivity contribution in [1.82, 2.24) is 9.88 Å². The molecule has 0 unspecified atom stereocenters. The number of nitrogens with zero attached hydrogens (tertiary/aromatic N) is 2. The molecule has 0 atom stereocenters. The topological polar surface area (TPSA) is 51.7 Å². The highest BCUT2D eigenvalue weighted by Crippen LogP contribution is 2.32. The smallest absolute Gasteiger partial charge is 0.274 e. The minimum atomic E-state index is -0.333. The van der Waals surface area contributed by atoms with Crippen LogP contribution in [0.4, 0.5) is 4.39 Å². The van der Waals surface area contributed by atoms with E-state index < -0.39 is 0 Å². The lowest BCUT2D eigenvalue weighted by Crippen LogP contribution is -2.34. The second-order valence-electron chi connectivity index (χ2n) is 7.15. The number of aromatic nitrogens is 1. The highest BCUT2D eigenvalue weighted by Gasteiger charge is 2.23. The Bertz CT molecular complexity index is 1050. The summed E-state index contributed by atoms with van der Waals surface area (Å²) in [4.78, 5) is 20.4. The van der Waals surface area contributed by atoms with E-state index in [1.165, 1.54) is 23.5 Å². The molecule has 0 bridgehead atoms. The van der Waals surface area contributed by atoms with Crippen LogP contribution in [0.5, 0.6) is 11.5 Å². The summed E-state index contributed by atoms with van der Waals surface area (Å²) in [5.41, 5.74) is 2.10. The van der Waals surface area contributed by atoms with Crippen molar-refractivity contribution in [2.45, 2.75) is 26.7 Å². The number of aryl methyl sites for hydroxylation is 1. The van der Waals surface area contributed by atoms with E-state index in [4.69, 9.17) is 9.47 Å². The number of halogens is 1. The van der Waals surface area contributed by atoms with E-state index in [0.717, 1.165) is 17.0 Å². The first-order chi connectivity index (χ1) is 15.0. The lowest BCUT2D eigenvalue weighted by Gasteiger charge is -2.22. The molecule has 31 heavy (non-hydrogen) atoms. The number of amides is 1. The van der Waals surface area contributed by atoms with Crippen molar-refractivity contribution < 1.29 is 18.7 Å². The molecule has 0 saturated carbocycles. The normalized spacial score (nSPS) is 10.7. The fourth-order valence-electron chi connectivity index (χ4n) is 3.43. The van der Waals surface area contributed by atoms with Crippen molar-refractivity contribution in [1.29, 1.82) is 0 Å². The Hall–Kier alpha value is -2.93. The van der Waals surface area contributed by atoms with Crippen LogP contribution < -0.4 is 9.47 Å². The molecule has 0 saturated heterocycles. The van der Waals surface area contributed by atoms with Gasteiger partial charge in [-0.1, -0.05) is 25.1 Å². The van der Waals surface area contributed by atoms with Crippen molar-refractivity contribution in [2.24, 2.45) is 0 Å². The molecule has 0 aliphatic rings. The van der Waals surface area contributed by atoms with Gasteiger partial charge in [-0.05, 0) is 55.2 Å². The molecule has 2 aromatic carbocycles. The molecule has 164 valence electrons. The van der Waals surface area contributed by atoms with Gasteiger partial charge >= 0.3 is 0 Å². The molecule has 1 heterocycles. The summed E-state index contributed by atoms with van der Waals surface area (Å²) < 4.78 is 24.4. The number of benzene rings is 2. The maximum absolute atomic E-state index is 13.8. The van der Waals surface area contributed by atoms with Crippen LogP contribution in [0.25, 0.3) is 10.4 Å². The Morgan fingerprint density at radius 2 is 1.87 bits per heavy atom. The first-order valence-electron chi connectivity index (χ1n) is 10.2. The van der Waals surface area contributed by atoms with Gasteiger partial charge in [0.25, 0.3) is 5.91 Å². The molecule has 1 amide bonds. The van der Waals surface area contributed by atoms with Crippen LogP contribution in [0.2, 0.25) is 0 Å². The molecule has 0 aliphatic heterocycles. The number of methoxy groups -OCH3 is 2. The fraction of sp³-hybridized carbons (Fsp3) is 0.333. The lowest BCUT2D eigenvalue weighted by atomic mass is 10.1. The van der Waals surface area contributed by atoms with Crippen LogP contribution in [0.1, 0.15) is 34.4 Å². The number of rotatable bonds is 9. The SMILES string of the molecule is CCCN(CCc1ccc(OC)c(OC)c1)C(=O)c1nc(C)sc1-c1cccc(F)c1. The standard InChI is InChI=1S/C24H27FN2O3S/c1-5-12-27(13-11-17-9-10-20(29-3)21(14-17)30-4)24(28)22-23(31-16(2)26-22)18-7-6-8-19(25)15-18/h6-10,14-15H,5,11-13H2,1-4H3. The van der Waals surface area contributed by atoms with Gasteiger partial charge in [0.15, 0.2) is 11.5 Å². The Morgan fingerprint density at radius 1 is 1.10 bits per heavy atom. The first kappa shape index (κ1) is 22.7. The van der Waals surface area contributed by atoms with Crippen molar-refractivity contribution in [3.63, 3.8) is 0 Å². The summed E-state index contributed by atoms with van der Waals surface area (Å²) in [7, 11) is 3.21. The summed E-state index contributed by atoms with van der Waals surface area (Å²) in [5, 5.41) is 0.777. The summed E-state index contributed by atoms with van der Waals surface area (Å²) >= 11 is 1.41. The zero-order valence-electron chi connectivity index (χ0n) is 18.3. The van der Waals surface area contributed by atoms with E-state index in [-0.39, 0.29) is 11.7 Å². The molecule has 0 aliphatic carbocycles. The molecule has 0 fully saturated rings. The number of hydrogen-bond acceptors (Lipinski definition) is 5. The van der Waals surface area contributed by atoms with E-state index in [9.17, 15) is 9.18 Å². The Kier molecular flexibility index (Phi) is 7.63. The highest BCUT2D eigenvalue weighted by atomic mass is 32.1. The minimum absolute atomic E-state index is 0.133. The van der Waals surface area contributed by atoms with Gasteiger partial charge in [-0.2, -0.15) is 0 Å². The van der Waals surface area contributed by atoms with Crippen molar-refractivity contribution in [3.8, 4) is 21.9 Å². The predicted molar refractivity (Wildman–Crippen MR) is 122 cm³/mol.